The molecule has 6 nitrogen and oxygen atoms in total. The van der Waals surface area contributed by atoms with Crippen LogP contribution in [0.1, 0.15) is 290 Å². The summed E-state index contributed by atoms with van der Waals surface area (Å²) < 4.78 is 5.91. The molecule has 0 aromatic rings. The average molecular weight is 834 g/mol. The van der Waals surface area contributed by atoms with Crippen LogP contribution in [0.5, 0.6) is 0 Å². The molecule has 0 rings (SSSR count). The fourth-order valence-corrected chi connectivity index (χ4v) is 8.31. The summed E-state index contributed by atoms with van der Waals surface area (Å²) in [4.78, 5) is 26.1. The second kappa shape index (κ2) is 47.6. The van der Waals surface area contributed by atoms with Crippen molar-refractivity contribution < 1.29 is 24.5 Å². The van der Waals surface area contributed by atoms with Crippen LogP contribution < -0.4 is 5.32 Å². The molecule has 0 bridgehead atoms. The molecule has 0 spiro atoms. The lowest BCUT2D eigenvalue weighted by molar-refractivity contribution is -0.151. The second-order valence-corrected chi connectivity index (χ2v) is 18.3. The van der Waals surface area contributed by atoms with Crippen LogP contribution in [0.25, 0.3) is 0 Å². The minimum atomic E-state index is -0.788. The van der Waals surface area contributed by atoms with E-state index in [2.05, 4.69) is 38.2 Å². The number of carbonyl (C=O) groups excluding carboxylic acids is 2. The summed E-state index contributed by atoms with van der Waals surface area (Å²) in [5.41, 5.74) is 0. The molecule has 0 aliphatic rings. The lowest BCUT2D eigenvalue weighted by Gasteiger charge is -2.24. The Morgan fingerprint density at radius 1 is 0.475 bits per heavy atom. The standard InChI is InChI=1S/C53H103NO5/c1-4-7-10-13-16-19-22-24-25-26-27-28-31-33-36-39-42-45-51(56)50(48-55)54-52(57)47-49(44-41-38-35-32-30-23-20-17-14-11-8-5-2)59-53(58)46-43-40-37-34-29-21-18-15-12-9-6-3/h32,35,49-51,55-56H,4-31,33-34,36-48H2,1-3H3,(H,54,57)/b35-32-. The van der Waals surface area contributed by atoms with Crippen molar-refractivity contribution in [3.8, 4) is 0 Å². The molecule has 0 aromatic heterocycles. The number of unbranched alkanes of at least 4 members (excludes halogenated alkanes) is 34. The first-order valence-electron chi connectivity index (χ1n) is 26.4. The van der Waals surface area contributed by atoms with Crippen molar-refractivity contribution in [2.75, 3.05) is 6.61 Å². The number of rotatable bonds is 48. The van der Waals surface area contributed by atoms with Gasteiger partial charge in [-0.2, -0.15) is 0 Å². The van der Waals surface area contributed by atoms with Crippen molar-refractivity contribution in [3.05, 3.63) is 12.2 Å². The molecule has 0 aromatic carbocycles. The molecule has 0 fully saturated rings. The number of aliphatic hydroxyl groups excluding tert-OH is 2. The molecule has 350 valence electrons. The highest BCUT2D eigenvalue weighted by Crippen LogP contribution is 2.18. The van der Waals surface area contributed by atoms with E-state index in [1.165, 1.54) is 193 Å². The van der Waals surface area contributed by atoms with E-state index in [0.29, 0.717) is 19.3 Å². The number of hydrogen-bond acceptors (Lipinski definition) is 5. The van der Waals surface area contributed by atoms with Crippen molar-refractivity contribution in [2.45, 2.75) is 309 Å². The van der Waals surface area contributed by atoms with Crippen LogP contribution in [0.15, 0.2) is 12.2 Å². The number of ether oxygens (including phenoxy) is 1. The number of nitrogens with one attached hydrogen (secondary N) is 1. The molecule has 59 heavy (non-hydrogen) atoms. The Morgan fingerprint density at radius 3 is 1.24 bits per heavy atom. The van der Waals surface area contributed by atoms with E-state index >= 15 is 0 Å². The Kier molecular flexibility index (Phi) is 46.5. The fraction of sp³-hybridized carbons (Fsp3) is 0.925. The zero-order valence-corrected chi connectivity index (χ0v) is 39.9. The third kappa shape index (κ3) is 43.1. The smallest absolute Gasteiger partial charge is 0.306 e. The van der Waals surface area contributed by atoms with E-state index in [1.54, 1.807) is 0 Å². The van der Waals surface area contributed by atoms with Gasteiger partial charge in [0.15, 0.2) is 0 Å². The average Bonchev–Trinajstić information content (AvgIpc) is 3.23. The first-order chi connectivity index (χ1) is 29.0. The molecule has 1 amide bonds. The molecule has 0 aliphatic heterocycles. The molecule has 6 heteroatoms. The van der Waals surface area contributed by atoms with Gasteiger partial charge in [0.1, 0.15) is 6.10 Å². The van der Waals surface area contributed by atoms with Gasteiger partial charge in [-0.1, -0.05) is 245 Å². The van der Waals surface area contributed by atoms with Crippen LogP contribution in [-0.4, -0.2) is 46.9 Å². The van der Waals surface area contributed by atoms with Crippen LogP contribution >= 0.6 is 0 Å². The Hall–Kier alpha value is -1.40. The number of aliphatic hydroxyl groups is 2. The molecular formula is C53H103NO5. The molecule has 3 unspecified atom stereocenters. The summed E-state index contributed by atoms with van der Waals surface area (Å²) in [7, 11) is 0. The molecule has 0 saturated heterocycles. The fourth-order valence-electron chi connectivity index (χ4n) is 8.31. The minimum Gasteiger partial charge on any atom is -0.462 e. The van der Waals surface area contributed by atoms with E-state index < -0.39 is 18.2 Å². The summed E-state index contributed by atoms with van der Waals surface area (Å²) in [6.45, 7) is 6.49. The number of esters is 1. The lowest BCUT2D eigenvalue weighted by Crippen LogP contribution is -2.46. The van der Waals surface area contributed by atoms with Crippen molar-refractivity contribution in [1.29, 1.82) is 0 Å². The Bertz CT molecular complexity index is 893. The topological polar surface area (TPSA) is 95.9 Å². The first kappa shape index (κ1) is 57.6. The van der Waals surface area contributed by atoms with Gasteiger partial charge in [-0.05, 0) is 44.9 Å². The molecule has 0 saturated carbocycles. The largest absolute Gasteiger partial charge is 0.462 e. The lowest BCUT2D eigenvalue weighted by atomic mass is 10.0. The van der Waals surface area contributed by atoms with E-state index in [0.717, 1.165) is 51.4 Å². The summed E-state index contributed by atoms with van der Waals surface area (Å²) in [5, 5.41) is 23.8. The highest BCUT2D eigenvalue weighted by molar-refractivity contribution is 5.77. The summed E-state index contributed by atoms with van der Waals surface area (Å²) in [5.74, 6) is -0.488. The molecule has 0 radical (unpaired) electrons. The Labute approximate surface area is 368 Å². The van der Waals surface area contributed by atoms with Gasteiger partial charge in [0.25, 0.3) is 0 Å². The minimum absolute atomic E-state index is 0.0636. The van der Waals surface area contributed by atoms with Gasteiger partial charge >= 0.3 is 5.97 Å². The molecule has 3 N–H and O–H groups in total. The summed E-state index contributed by atoms with van der Waals surface area (Å²) in [6, 6.07) is -0.703. The van der Waals surface area contributed by atoms with E-state index in [1.807, 2.05) is 0 Å². The van der Waals surface area contributed by atoms with Crippen LogP contribution in [0, 0.1) is 0 Å². The van der Waals surface area contributed by atoms with Crippen LogP contribution in [-0.2, 0) is 14.3 Å². The van der Waals surface area contributed by atoms with Crippen molar-refractivity contribution >= 4 is 11.9 Å². The van der Waals surface area contributed by atoms with Gasteiger partial charge in [-0.3, -0.25) is 9.59 Å². The zero-order chi connectivity index (χ0) is 43.1. The summed E-state index contributed by atoms with van der Waals surface area (Å²) >= 11 is 0. The van der Waals surface area contributed by atoms with E-state index in [-0.39, 0.29) is 24.9 Å². The Morgan fingerprint density at radius 2 is 0.831 bits per heavy atom. The second-order valence-electron chi connectivity index (χ2n) is 18.3. The van der Waals surface area contributed by atoms with Crippen molar-refractivity contribution in [1.82, 2.24) is 5.32 Å². The monoisotopic (exact) mass is 834 g/mol. The molecule has 0 aliphatic carbocycles. The third-order valence-corrected chi connectivity index (χ3v) is 12.3. The molecule has 0 heterocycles. The zero-order valence-electron chi connectivity index (χ0n) is 39.9. The van der Waals surface area contributed by atoms with Gasteiger partial charge in [0, 0.05) is 6.42 Å². The summed E-state index contributed by atoms with van der Waals surface area (Å²) in [6.07, 6.45) is 52.8. The number of allylic oxidation sites excluding steroid dienone is 2. The van der Waals surface area contributed by atoms with Crippen LogP contribution in [0.2, 0.25) is 0 Å². The van der Waals surface area contributed by atoms with Crippen molar-refractivity contribution in [3.63, 3.8) is 0 Å². The predicted molar refractivity (Wildman–Crippen MR) is 255 cm³/mol. The maximum absolute atomic E-state index is 13.2. The van der Waals surface area contributed by atoms with Gasteiger partial charge in [0.05, 0.1) is 25.2 Å². The maximum Gasteiger partial charge on any atom is 0.306 e. The molecule has 3 atom stereocenters. The van der Waals surface area contributed by atoms with E-state index in [9.17, 15) is 19.8 Å². The maximum atomic E-state index is 13.2. The SMILES string of the molecule is CCCCCCCCC/C=C\CCCC(CC(=O)NC(CO)C(O)CCCCCCCCCCCCCCCCCCC)OC(=O)CCCCCCCCCCCCC. The van der Waals surface area contributed by atoms with Crippen LogP contribution in [0.3, 0.4) is 0 Å². The van der Waals surface area contributed by atoms with Crippen molar-refractivity contribution in [2.24, 2.45) is 0 Å². The highest BCUT2D eigenvalue weighted by Gasteiger charge is 2.24. The third-order valence-electron chi connectivity index (χ3n) is 12.3. The van der Waals surface area contributed by atoms with Gasteiger partial charge in [-0.15, -0.1) is 0 Å². The number of hydrogen-bond donors (Lipinski definition) is 3. The van der Waals surface area contributed by atoms with E-state index in [4.69, 9.17) is 4.74 Å². The molecular weight excluding hydrogens is 731 g/mol. The first-order valence-corrected chi connectivity index (χ1v) is 26.4. The van der Waals surface area contributed by atoms with Gasteiger partial charge in [-0.25, -0.2) is 0 Å². The number of carbonyl (C=O) groups is 2. The van der Waals surface area contributed by atoms with Gasteiger partial charge in [0.2, 0.25) is 5.91 Å². The normalized spacial score (nSPS) is 13.2. The predicted octanol–water partition coefficient (Wildman–Crippen LogP) is 15.7. The quantitative estimate of drug-likeness (QED) is 0.0322. The number of amides is 1. The Balaban J connectivity index is 4.47. The highest BCUT2D eigenvalue weighted by atomic mass is 16.5. The van der Waals surface area contributed by atoms with Crippen LogP contribution in [0.4, 0.5) is 0 Å². The van der Waals surface area contributed by atoms with Gasteiger partial charge < -0.3 is 20.3 Å².